The number of rotatable bonds is 0. The SMILES string of the molecule is C1CCOC1.O=C1CCCC1. The van der Waals surface area contributed by atoms with E-state index in [1.165, 1.54) is 12.8 Å². The van der Waals surface area contributed by atoms with E-state index in [1.807, 2.05) is 0 Å². The van der Waals surface area contributed by atoms with Crippen LogP contribution in [-0.4, -0.2) is 19.0 Å². The topological polar surface area (TPSA) is 26.3 Å². The minimum absolute atomic E-state index is 0.454. The van der Waals surface area contributed by atoms with Gasteiger partial charge in [-0.2, -0.15) is 0 Å². The van der Waals surface area contributed by atoms with E-state index in [9.17, 15) is 4.79 Å². The van der Waals surface area contributed by atoms with Crippen molar-refractivity contribution in [2.45, 2.75) is 38.5 Å². The van der Waals surface area contributed by atoms with Crippen LogP contribution in [0.1, 0.15) is 38.5 Å². The number of ether oxygens (including phenoxy) is 1. The maximum absolute atomic E-state index is 10.2. The van der Waals surface area contributed by atoms with Gasteiger partial charge < -0.3 is 4.74 Å². The summed E-state index contributed by atoms with van der Waals surface area (Å²) in [6, 6.07) is 0. The highest BCUT2D eigenvalue weighted by molar-refractivity contribution is 5.79. The van der Waals surface area contributed by atoms with E-state index in [4.69, 9.17) is 4.74 Å². The number of hydrogen-bond donors (Lipinski definition) is 0. The van der Waals surface area contributed by atoms with Gasteiger partial charge in [-0.25, -0.2) is 0 Å². The van der Waals surface area contributed by atoms with E-state index >= 15 is 0 Å². The maximum Gasteiger partial charge on any atom is 0.132 e. The Bertz CT molecular complexity index is 101. The Balaban J connectivity index is 0.000000112. The van der Waals surface area contributed by atoms with Crippen LogP contribution in [0.3, 0.4) is 0 Å². The molecule has 2 nitrogen and oxygen atoms in total. The van der Waals surface area contributed by atoms with E-state index < -0.39 is 0 Å². The van der Waals surface area contributed by atoms with Gasteiger partial charge in [-0.3, -0.25) is 4.79 Å². The van der Waals surface area contributed by atoms with Gasteiger partial charge in [0.25, 0.3) is 0 Å². The summed E-state index contributed by atoms with van der Waals surface area (Å²) in [5, 5.41) is 0. The fraction of sp³-hybridized carbons (Fsp3) is 0.889. The third kappa shape index (κ3) is 4.14. The molecular weight excluding hydrogens is 140 g/mol. The molecule has 0 aromatic rings. The summed E-state index contributed by atoms with van der Waals surface area (Å²) in [7, 11) is 0. The fourth-order valence-corrected chi connectivity index (χ4v) is 1.28. The molecule has 0 radical (unpaired) electrons. The van der Waals surface area contributed by atoms with Crippen LogP contribution in [0, 0.1) is 0 Å². The summed E-state index contributed by atoms with van der Waals surface area (Å²) in [5.41, 5.74) is 0. The van der Waals surface area contributed by atoms with Gasteiger partial charge in [0.1, 0.15) is 5.78 Å². The summed E-state index contributed by atoms with van der Waals surface area (Å²) >= 11 is 0. The zero-order valence-corrected chi connectivity index (χ0v) is 6.97. The molecule has 1 saturated carbocycles. The molecule has 1 aliphatic heterocycles. The lowest BCUT2D eigenvalue weighted by Gasteiger charge is -1.76. The Morgan fingerprint density at radius 2 is 1.45 bits per heavy atom. The predicted octanol–water partition coefficient (Wildman–Crippen LogP) is 1.93. The minimum atomic E-state index is 0.454. The van der Waals surface area contributed by atoms with E-state index in [0.717, 1.165) is 38.9 Å². The monoisotopic (exact) mass is 156 g/mol. The molecule has 2 rings (SSSR count). The molecule has 2 fully saturated rings. The molecule has 2 heteroatoms. The van der Waals surface area contributed by atoms with Gasteiger partial charge in [-0.15, -0.1) is 0 Å². The standard InChI is InChI=1S/C5H8O.C4H8O/c6-5-3-1-2-4-5;1-2-4-5-3-1/h1-4H2;1-4H2. The van der Waals surface area contributed by atoms with Crippen LogP contribution < -0.4 is 0 Å². The molecule has 0 unspecified atom stereocenters. The van der Waals surface area contributed by atoms with Crippen LogP contribution in [-0.2, 0) is 9.53 Å². The molecule has 0 N–H and O–H groups in total. The van der Waals surface area contributed by atoms with E-state index in [-0.39, 0.29) is 0 Å². The first-order valence-corrected chi connectivity index (χ1v) is 4.49. The van der Waals surface area contributed by atoms with Gasteiger partial charge >= 0.3 is 0 Å². The molecule has 64 valence electrons. The van der Waals surface area contributed by atoms with Crippen LogP contribution in [0.15, 0.2) is 0 Å². The van der Waals surface area contributed by atoms with Crippen molar-refractivity contribution in [1.29, 1.82) is 0 Å². The summed E-state index contributed by atoms with van der Waals surface area (Å²) in [6.07, 6.45) is 6.53. The van der Waals surface area contributed by atoms with Gasteiger partial charge in [0.2, 0.25) is 0 Å². The lowest BCUT2D eigenvalue weighted by Crippen LogP contribution is -1.81. The zero-order chi connectivity index (χ0) is 7.94. The molecule has 0 bridgehead atoms. The Hall–Kier alpha value is -0.370. The highest BCUT2D eigenvalue weighted by Crippen LogP contribution is 2.11. The van der Waals surface area contributed by atoms with Gasteiger partial charge in [0.05, 0.1) is 0 Å². The highest BCUT2D eigenvalue weighted by Gasteiger charge is 2.07. The largest absolute Gasteiger partial charge is 0.381 e. The van der Waals surface area contributed by atoms with Crippen LogP contribution in [0.2, 0.25) is 0 Å². The van der Waals surface area contributed by atoms with Gasteiger partial charge in [-0.1, -0.05) is 0 Å². The summed E-state index contributed by atoms with van der Waals surface area (Å²) in [4.78, 5) is 10.2. The molecule has 11 heavy (non-hydrogen) atoms. The van der Waals surface area contributed by atoms with Crippen LogP contribution in [0.4, 0.5) is 0 Å². The van der Waals surface area contributed by atoms with Crippen molar-refractivity contribution in [3.8, 4) is 0 Å². The Morgan fingerprint density at radius 3 is 1.64 bits per heavy atom. The molecule has 0 atom stereocenters. The lowest BCUT2D eigenvalue weighted by molar-refractivity contribution is -0.117. The normalized spacial score (nSPS) is 23.1. The number of ketones is 1. The van der Waals surface area contributed by atoms with Crippen molar-refractivity contribution in [1.82, 2.24) is 0 Å². The zero-order valence-electron chi connectivity index (χ0n) is 6.97. The van der Waals surface area contributed by atoms with E-state index in [0.29, 0.717) is 5.78 Å². The molecule has 0 amide bonds. The van der Waals surface area contributed by atoms with E-state index in [2.05, 4.69) is 0 Å². The second kappa shape index (κ2) is 5.30. The van der Waals surface area contributed by atoms with Crippen LogP contribution in [0.25, 0.3) is 0 Å². The third-order valence-electron chi connectivity index (χ3n) is 1.99. The molecule has 2 aliphatic rings. The maximum atomic E-state index is 10.2. The first-order valence-electron chi connectivity index (χ1n) is 4.49. The molecule has 1 heterocycles. The number of carbonyl (C=O) groups excluding carboxylic acids is 1. The van der Waals surface area contributed by atoms with Crippen molar-refractivity contribution < 1.29 is 9.53 Å². The molecular formula is C9H16O2. The molecule has 0 aromatic heterocycles. The van der Waals surface area contributed by atoms with Crippen LogP contribution in [0.5, 0.6) is 0 Å². The second-order valence-corrected chi connectivity index (χ2v) is 3.07. The van der Waals surface area contributed by atoms with Crippen molar-refractivity contribution in [2.75, 3.05) is 13.2 Å². The predicted molar refractivity (Wildman–Crippen MR) is 43.5 cm³/mol. The van der Waals surface area contributed by atoms with E-state index in [1.54, 1.807) is 0 Å². The quantitative estimate of drug-likeness (QED) is 0.535. The van der Waals surface area contributed by atoms with Crippen LogP contribution >= 0.6 is 0 Å². The first-order chi connectivity index (χ1) is 5.39. The summed E-state index contributed by atoms with van der Waals surface area (Å²) in [6.45, 7) is 2.00. The van der Waals surface area contributed by atoms with Crippen molar-refractivity contribution in [3.63, 3.8) is 0 Å². The number of carbonyl (C=O) groups is 1. The van der Waals surface area contributed by atoms with Gasteiger partial charge in [0.15, 0.2) is 0 Å². The van der Waals surface area contributed by atoms with Gasteiger partial charge in [0, 0.05) is 26.1 Å². The summed E-state index contributed by atoms with van der Waals surface area (Å²) < 4.78 is 4.94. The molecule has 0 spiro atoms. The minimum Gasteiger partial charge on any atom is -0.381 e. The fourth-order valence-electron chi connectivity index (χ4n) is 1.28. The van der Waals surface area contributed by atoms with Crippen molar-refractivity contribution >= 4 is 5.78 Å². The molecule has 0 aromatic carbocycles. The van der Waals surface area contributed by atoms with Crippen molar-refractivity contribution in [3.05, 3.63) is 0 Å². The molecule has 1 aliphatic carbocycles. The second-order valence-electron chi connectivity index (χ2n) is 3.07. The average Bonchev–Trinajstić information content (AvgIpc) is 2.57. The lowest BCUT2D eigenvalue weighted by atomic mass is 10.4. The third-order valence-corrected chi connectivity index (χ3v) is 1.99. The smallest absolute Gasteiger partial charge is 0.132 e. The molecule has 1 saturated heterocycles. The van der Waals surface area contributed by atoms with Gasteiger partial charge in [-0.05, 0) is 25.7 Å². The average molecular weight is 156 g/mol. The highest BCUT2D eigenvalue weighted by atomic mass is 16.5. The first kappa shape index (κ1) is 8.72. The van der Waals surface area contributed by atoms with Crippen molar-refractivity contribution in [2.24, 2.45) is 0 Å². The Kier molecular flexibility index (Phi) is 4.21. The number of hydrogen-bond acceptors (Lipinski definition) is 2. The Morgan fingerprint density at radius 1 is 0.909 bits per heavy atom. The summed E-state index contributed by atoms with van der Waals surface area (Å²) in [5.74, 6) is 0.454. The Labute approximate surface area is 67.9 Å². The number of Topliss-reactive ketones (excluding diaryl/α,β-unsaturated/α-hetero) is 1.